The molecule has 0 bridgehead atoms. The lowest BCUT2D eigenvalue weighted by molar-refractivity contribution is 0.102. The lowest BCUT2D eigenvalue weighted by Gasteiger charge is -2.18. The van der Waals surface area contributed by atoms with E-state index in [0.717, 1.165) is 25.3 Å². The van der Waals surface area contributed by atoms with Crippen LogP contribution in [0.1, 0.15) is 29.8 Å². The molecule has 4 nitrogen and oxygen atoms in total. The quantitative estimate of drug-likeness (QED) is 0.791. The highest BCUT2D eigenvalue weighted by Crippen LogP contribution is 2.14. The first-order valence-corrected chi connectivity index (χ1v) is 7.60. The van der Waals surface area contributed by atoms with Gasteiger partial charge in [0.05, 0.1) is 0 Å². The second-order valence-electron chi connectivity index (χ2n) is 5.24. The number of benzene rings is 2. The number of amides is 1. The van der Waals surface area contributed by atoms with Crippen molar-refractivity contribution >= 4 is 29.7 Å². The van der Waals surface area contributed by atoms with E-state index in [2.05, 4.69) is 30.1 Å². The summed E-state index contributed by atoms with van der Waals surface area (Å²) in [6, 6.07) is 14.9. The molecule has 124 valence electrons. The van der Waals surface area contributed by atoms with Gasteiger partial charge in [-0.05, 0) is 55.1 Å². The zero-order valence-corrected chi connectivity index (χ0v) is 14.4. The first-order valence-electron chi connectivity index (χ1n) is 7.60. The molecule has 0 atom stereocenters. The molecule has 1 amide bonds. The summed E-state index contributed by atoms with van der Waals surface area (Å²) in [5, 5.41) is 2.93. The number of carbonyl (C=O) groups is 1. The summed E-state index contributed by atoms with van der Waals surface area (Å²) >= 11 is 0. The van der Waals surface area contributed by atoms with Crippen molar-refractivity contribution in [3.8, 4) is 0 Å². The van der Waals surface area contributed by atoms with Gasteiger partial charge in [-0.25, -0.2) is 0 Å². The van der Waals surface area contributed by atoms with Crippen molar-refractivity contribution < 1.29 is 4.79 Å². The van der Waals surface area contributed by atoms with E-state index in [0.29, 0.717) is 11.3 Å². The molecule has 0 fully saturated rings. The maximum atomic E-state index is 12.2. The zero-order valence-electron chi connectivity index (χ0n) is 13.6. The van der Waals surface area contributed by atoms with Gasteiger partial charge in [-0.15, -0.1) is 12.4 Å². The SMILES string of the molecule is CCN(CC)Cc1cccc(NC(=O)c2ccc(N)cc2)c1.Cl. The first kappa shape index (κ1) is 19.0. The Balaban J connectivity index is 0.00000264. The van der Waals surface area contributed by atoms with Crippen LogP contribution in [0.4, 0.5) is 11.4 Å². The third-order valence-electron chi connectivity index (χ3n) is 3.66. The van der Waals surface area contributed by atoms with Gasteiger partial charge in [0.25, 0.3) is 5.91 Å². The molecule has 0 unspecified atom stereocenters. The van der Waals surface area contributed by atoms with E-state index >= 15 is 0 Å². The molecule has 3 N–H and O–H groups in total. The highest BCUT2D eigenvalue weighted by Gasteiger charge is 2.07. The van der Waals surface area contributed by atoms with Gasteiger partial charge in [0.2, 0.25) is 0 Å². The van der Waals surface area contributed by atoms with Gasteiger partial charge in [0, 0.05) is 23.5 Å². The molecule has 0 aliphatic rings. The predicted octanol–water partition coefficient (Wildman–Crippen LogP) is 3.78. The molecule has 2 rings (SSSR count). The van der Waals surface area contributed by atoms with Crippen LogP contribution in [0.3, 0.4) is 0 Å². The van der Waals surface area contributed by atoms with Gasteiger partial charge in [-0.2, -0.15) is 0 Å². The van der Waals surface area contributed by atoms with Crippen molar-refractivity contribution in [2.45, 2.75) is 20.4 Å². The number of halogens is 1. The molecular weight excluding hydrogens is 310 g/mol. The summed E-state index contributed by atoms with van der Waals surface area (Å²) in [7, 11) is 0. The van der Waals surface area contributed by atoms with Gasteiger partial charge < -0.3 is 11.1 Å². The molecule has 0 saturated carbocycles. The fourth-order valence-electron chi connectivity index (χ4n) is 2.29. The summed E-state index contributed by atoms with van der Waals surface area (Å²) in [5.74, 6) is -0.125. The smallest absolute Gasteiger partial charge is 0.255 e. The Morgan fingerprint density at radius 2 is 1.74 bits per heavy atom. The van der Waals surface area contributed by atoms with Crippen molar-refractivity contribution in [2.24, 2.45) is 0 Å². The van der Waals surface area contributed by atoms with Crippen molar-refractivity contribution in [2.75, 3.05) is 24.1 Å². The first-order chi connectivity index (χ1) is 10.6. The van der Waals surface area contributed by atoms with E-state index in [9.17, 15) is 4.79 Å². The molecule has 5 heteroatoms. The molecule has 0 aliphatic heterocycles. The van der Waals surface area contributed by atoms with Crippen molar-refractivity contribution in [1.82, 2.24) is 4.90 Å². The molecule has 0 spiro atoms. The standard InChI is InChI=1S/C18H23N3O.ClH/c1-3-21(4-2)13-14-6-5-7-17(12-14)20-18(22)15-8-10-16(19)11-9-15;/h5-12H,3-4,13,19H2,1-2H3,(H,20,22);1H. The Hall–Kier alpha value is -2.04. The number of nitrogens with one attached hydrogen (secondary N) is 1. The minimum Gasteiger partial charge on any atom is -0.399 e. The number of nitrogen functional groups attached to an aromatic ring is 1. The van der Waals surface area contributed by atoms with E-state index in [-0.39, 0.29) is 18.3 Å². The maximum Gasteiger partial charge on any atom is 0.255 e. The summed E-state index contributed by atoms with van der Waals surface area (Å²) in [5.41, 5.74) is 8.89. The second-order valence-corrected chi connectivity index (χ2v) is 5.24. The van der Waals surface area contributed by atoms with Crippen molar-refractivity contribution in [3.05, 3.63) is 59.7 Å². The number of hydrogen-bond donors (Lipinski definition) is 2. The lowest BCUT2D eigenvalue weighted by atomic mass is 10.1. The molecule has 0 heterocycles. The molecule has 2 aromatic carbocycles. The van der Waals surface area contributed by atoms with Gasteiger partial charge in [-0.3, -0.25) is 9.69 Å². The molecule has 2 aromatic rings. The van der Waals surface area contributed by atoms with E-state index < -0.39 is 0 Å². The normalized spacial score (nSPS) is 10.2. The van der Waals surface area contributed by atoms with Crippen LogP contribution in [0.25, 0.3) is 0 Å². The number of anilines is 2. The third kappa shape index (κ3) is 5.58. The number of nitrogens with two attached hydrogens (primary N) is 1. The number of hydrogen-bond acceptors (Lipinski definition) is 3. The Kier molecular flexibility index (Phi) is 7.59. The van der Waals surface area contributed by atoms with Crippen LogP contribution in [-0.4, -0.2) is 23.9 Å². The minimum atomic E-state index is -0.125. The van der Waals surface area contributed by atoms with Gasteiger partial charge in [-0.1, -0.05) is 26.0 Å². The Bertz CT molecular complexity index is 624. The van der Waals surface area contributed by atoms with E-state index in [1.54, 1.807) is 24.3 Å². The summed E-state index contributed by atoms with van der Waals surface area (Å²) in [4.78, 5) is 14.5. The third-order valence-corrected chi connectivity index (χ3v) is 3.66. The summed E-state index contributed by atoms with van der Waals surface area (Å²) in [6.07, 6.45) is 0. The fourth-order valence-corrected chi connectivity index (χ4v) is 2.29. The topological polar surface area (TPSA) is 58.4 Å². The average molecular weight is 334 g/mol. The van der Waals surface area contributed by atoms with Crippen LogP contribution >= 0.6 is 12.4 Å². The van der Waals surface area contributed by atoms with E-state index in [4.69, 9.17) is 5.73 Å². The lowest BCUT2D eigenvalue weighted by Crippen LogP contribution is -2.22. The summed E-state index contributed by atoms with van der Waals surface area (Å²) < 4.78 is 0. The van der Waals surface area contributed by atoms with Gasteiger partial charge in [0.15, 0.2) is 0 Å². The maximum absolute atomic E-state index is 12.2. The highest BCUT2D eigenvalue weighted by atomic mass is 35.5. The van der Waals surface area contributed by atoms with Crippen LogP contribution < -0.4 is 11.1 Å². The van der Waals surface area contributed by atoms with Crippen LogP contribution in [-0.2, 0) is 6.54 Å². The van der Waals surface area contributed by atoms with Crippen LogP contribution in [0.5, 0.6) is 0 Å². The Morgan fingerprint density at radius 3 is 2.35 bits per heavy atom. The van der Waals surface area contributed by atoms with E-state index in [1.807, 2.05) is 18.2 Å². The predicted molar refractivity (Wildman–Crippen MR) is 99.1 cm³/mol. The van der Waals surface area contributed by atoms with E-state index in [1.165, 1.54) is 5.56 Å². The zero-order chi connectivity index (χ0) is 15.9. The van der Waals surface area contributed by atoms with Crippen molar-refractivity contribution in [1.29, 1.82) is 0 Å². The number of carbonyl (C=O) groups excluding carboxylic acids is 1. The van der Waals surface area contributed by atoms with Crippen LogP contribution in [0, 0.1) is 0 Å². The summed E-state index contributed by atoms with van der Waals surface area (Å²) in [6.45, 7) is 7.21. The van der Waals surface area contributed by atoms with Gasteiger partial charge in [0.1, 0.15) is 0 Å². The molecule has 0 aromatic heterocycles. The van der Waals surface area contributed by atoms with Crippen LogP contribution in [0.15, 0.2) is 48.5 Å². The van der Waals surface area contributed by atoms with Gasteiger partial charge >= 0.3 is 0 Å². The Morgan fingerprint density at radius 1 is 1.09 bits per heavy atom. The number of rotatable bonds is 6. The molecule has 0 saturated heterocycles. The minimum absolute atomic E-state index is 0. The molecular formula is C18H24ClN3O. The highest BCUT2D eigenvalue weighted by molar-refractivity contribution is 6.04. The molecule has 23 heavy (non-hydrogen) atoms. The largest absolute Gasteiger partial charge is 0.399 e. The van der Waals surface area contributed by atoms with Crippen molar-refractivity contribution in [3.63, 3.8) is 0 Å². The Labute approximate surface area is 144 Å². The van der Waals surface area contributed by atoms with Crippen LogP contribution in [0.2, 0.25) is 0 Å². The molecule has 0 aliphatic carbocycles. The fraction of sp³-hybridized carbons (Fsp3) is 0.278. The molecule has 0 radical (unpaired) electrons. The average Bonchev–Trinajstić information content (AvgIpc) is 2.53. The number of nitrogens with zero attached hydrogens (tertiary/aromatic N) is 1. The monoisotopic (exact) mass is 333 g/mol. The second kappa shape index (κ2) is 9.18.